The number of likely N-dealkylation sites (tertiary alicyclic amines) is 1. The molecule has 0 spiro atoms. The Kier molecular flexibility index (Phi) is 5.93. The Hall–Kier alpha value is -1.69. The zero-order valence-corrected chi connectivity index (χ0v) is 14.3. The van der Waals surface area contributed by atoms with E-state index in [1.54, 1.807) is 12.1 Å². The van der Waals surface area contributed by atoms with Gasteiger partial charge in [0.05, 0.1) is 16.4 Å². The first-order valence-electron chi connectivity index (χ1n) is 7.89. The number of hydrogen-bond donors (Lipinski definition) is 1. The Balaban J connectivity index is 2.01. The van der Waals surface area contributed by atoms with Crippen LogP contribution in [-0.2, 0) is 15.6 Å². The van der Waals surface area contributed by atoms with Crippen molar-refractivity contribution in [3.8, 4) is 0 Å². The first-order chi connectivity index (χ1) is 10.9. The van der Waals surface area contributed by atoms with Crippen LogP contribution in [0.3, 0.4) is 0 Å². The molecule has 0 saturated carbocycles. The van der Waals surface area contributed by atoms with Crippen LogP contribution in [0.4, 0.5) is 0 Å². The first kappa shape index (κ1) is 17.7. The summed E-state index contributed by atoms with van der Waals surface area (Å²) in [5.41, 5.74) is 0.181. The average molecular weight is 337 g/mol. The van der Waals surface area contributed by atoms with Crippen LogP contribution in [0, 0.1) is 5.92 Å². The molecule has 1 fully saturated rings. The lowest BCUT2D eigenvalue weighted by molar-refractivity contribution is -0.132. The lowest BCUT2D eigenvalue weighted by Crippen LogP contribution is -2.39. The van der Waals surface area contributed by atoms with Crippen LogP contribution < -0.4 is 0 Å². The maximum atomic E-state index is 12.5. The molecule has 23 heavy (non-hydrogen) atoms. The fraction of sp³-hybridized carbons (Fsp3) is 0.529. The van der Waals surface area contributed by atoms with Crippen molar-refractivity contribution < 1.29 is 18.9 Å². The highest BCUT2D eigenvalue weighted by molar-refractivity contribution is 7.85. The summed E-state index contributed by atoms with van der Waals surface area (Å²) in [7, 11) is -1.23. The van der Waals surface area contributed by atoms with Gasteiger partial charge < -0.3 is 10.0 Å². The first-order valence-corrected chi connectivity index (χ1v) is 9.21. The van der Waals surface area contributed by atoms with Gasteiger partial charge in [0.2, 0.25) is 5.91 Å². The van der Waals surface area contributed by atoms with Crippen molar-refractivity contribution in [2.24, 2.45) is 5.92 Å². The summed E-state index contributed by atoms with van der Waals surface area (Å²) < 4.78 is 12.5. The largest absolute Gasteiger partial charge is 0.478 e. The minimum Gasteiger partial charge on any atom is -0.478 e. The van der Waals surface area contributed by atoms with Crippen molar-refractivity contribution in [3.63, 3.8) is 0 Å². The highest BCUT2D eigenvalue weighted by Gasteiger charge is 2.30. The second-order valence-electron chi connectivity index (χ2n) is 6.32. The minimum atomic E-state index is -1.23. The zero-order valence-electron chi connectivity index (χ0n) is 13.5. The predicted molar refractivity (Wildman–Crippen MR) is 88.9 cm³/mol. The van der Waals surface area contributed by atoms with Gasteiger partial charge in [0.1, 0.15) is 0 Å². The van der Waals surface area contributed by atoms with E-state index < -0.39 is 16.8 Å². The molecule has 6 heteroatoms. The van der Waals surface area contributed by atoms with Crippen LogP contribution in [0.2, 0.25) is 0 Å². The van der Waals surface area contributed by atoms with Gasteiger partial charge in [-0.2, -0.15) is 0 Å². The van der Waals surface area contributed by atoms with Crippen molar-refractivity contribution >= 4 is 22.7 Å². The maximum Gasteiger partial charge on any atom is 0.335 e. The lowest BCUT2D eigenvalue weighted by Gasteiger charge is -2.25. The molecule has 2 atom stereocenters. The number of carbonyl (C=O) groups excluding carboxylic acids is 1. The quantitative estimate of drug-likeness (QED) is 0.865. The maximum absolute atomic E-state index is 12.5. The third kappa shape index (κ3) is 4.64. The summed E-state index contributed by atoms with van der Waals surface area (Å²) in [6, 6.07) is 6.13. The van der Waals surface area contributed by atoms with Gasteiger partial charge in [-0.3, -0.25) is 9.00 Å². The van der Waals surface area contributed by atoms with E-state index in [4.69, 9.17) is 5.11 Å². The van der Waals surface area contributed by atoms with Crippen LogP contribution in [0.5, 0.6) is 0 Å². The van der Waals surface area contributed by atoms with E-state index >= 15 is 0 Å². The minimum absolute atomic E-state index is 0.0150. The summed E-state index contributed by atoms with van der Waals surface area (Å²) in [5, 5.41) is 8.89. The number of hydrogen-bond acceptors (Lipinski definition) is 3. The molecule has 1 aliphatic heterocycles. The van der Waals surface area contributed by atoms with Crippen LogP contribution in [0.1, 0.15) is 43.5 Å². The molecule has 126 valence electrons. The van der Waals surface area contributed by atoms with Gasteiger partial charge in [0.15, 0.2) is 0 Å². The van der Waals surface area contributed by atoms with Crippen molar-refractivity contribution in [2.75, 3.05) is 12.3 Å². The molecule has 1 aliphatic rings. The number of carboxylic acids is 1. The molecule has 0 radical (unpaired) electrons. The van der Waals surface area contributed by atoms with Crippen molar-refractivity contribution in [2.45, 2.75) is 44.0 Å². The number of amides is 1. The van der Waals surface area contributed by atoms with Crippen LogP contribution in [0.15, 0.2) is 29.2 Å². The molecule has 1 heterocycles. The van der Waals surface area contributed by atoms with Crippen molar-refractivity contribution in [1.29, 1.82) is 0 Å². The zero-order chi connectivity index (χ0) is 17.0. The number of carboxylic acid groups (broad SMARTS) is 1. The molecule has 5 nitrogen and oxygen atoms in total. The number of rotatable bonds is 6. The molecule has 0 aliphatic carbocycles. The Bertz CT molecular complexity index is 597. The molecule has 2 rings (SSSR count). The van der Waals surface area contributed by atoms with E-state index in [9.17, 15) is 13.8 Å². The summed E-state index contributed by atoms with van der Waals surface area (Å²) in [4.78, 5) is 25.6. The highest BCUT2D eigenvalue weighted by atomic mass is 32.2. The van der Waals surface area contributed by atoms with E-state index in [1.807, 2.05) is 18.7 Å². The van der Waals surface area contributed by atoms with Gasteiger partial charge in [-0.1, -0.05) is 13.8 Å². The second-order valence-corrected chi connectivity index (χ2v) is 7.82. The molecular weight excluding hydrogens is 314 g/mol. The molecule has 1 unspecified atom stereocenters. The fourth-order valence-electron chi connectivity index (χ4n) is 2.82. The molecule has 1 aromatic carbocycles. The molecule has 1 N–H and O–H groups in total. The van der Waals surface area contributed by atoms with E-state index in [2.05, 4.69) is 0 Å². The van der Waals surface area contributed by atoms with E-state index in [-0.39, 0.29) is 17.5 Å². The van der Waals surface area contributed by atoms with Gasteiger partial charge in [-0.05, 0) is 43.0 Å². The smallest absolute Gasteiger partial charge is 0.335 e. The van der Waals surface area contributed by atoms with E-state index in [0.29, 0.717) is 23.0 Å². The Morgan fingerprint density at radius 3 is 2.52 bits per heavy atom. The predicted octanol–water partition coefficient (Wildman–Crippen LogP) is 2.53. The fourth-order valence-corrected chi connectivity index (χ4v) is 4.15. The second kappa shape index (κ2) is 7.73. The molecule has 0 bridgehead atoms. The van der Waals surface area contributed by atoms with Gasteiger partial charge in [0.25, 0.3) is 0 Å². The standard InChI is InChI=1S/C17H23NO4S/c1-12(2)10-16(19)18-9-3-4-14(18)11-23(22)15-7-5-13(6-8-15)17(20)21/h5-8,12,14H,3-4,9-11H2,1-2H3,(H,20,21)/t14-,23?/m0/s1. The van der Waals surface area contributed by atoms with Gasteiger partial charge >= 0.3 is 5.97 Å². The third-order valence-corrected chi connectivity index (χ3v) is 5.47. The van der Waals surface area contributed by atoms with Crippen molar-refractivity contribution in [1.82, 2.24) is 4.90 Å². The number of nitrogens with zero attached hydrogens (tertiary/aromatic N) is 1. The van der Waals surface area contributed by atoms with Crippen LogP contribution in [-0.4, -0.2) is 44.4 Å². The Labute approximate surface area is 139 Å². The van der Waals surface area contributed by atoms with Crippen LogP contribution in [0.25, 0.3) is 0 Å². The summed E-state index contributed by atoms with van der Waals surface area (Å²) in [5.74, 6) is -0.127. The van der Waals surface area contributed by atoms with Gasteiger partial charge in [-0.15, -0.1) is 0 Å². The van der Waals surface area contributed by atoms with Gasteiger partial charge in [-0.25, -0.2) is 4.79 Å². The number of benzene rings is 1. The summed E-state index contributed by atoms with van der Waals surface area (Å²) >= 11 is 0. The summed E-state index contributed by atoms with van der Waals surface area (Å²) in [6.45, 7) is 4.78. The highest BCUT2D eigenvalue weighted by Crippen LogP contribution is 2.22. The Morgan fingerprint density at radius 2 is 1.96 bits per heavy atom. The molecule has 1 amide bonds. The monoisotopic (exact) mass is 337 g/mol. The van der Waals surface area contributed by atoms with E-state index in [0.717, 1.165) is 19.4 Å². The third-order valence-electron chi connectivity index (χ3n) is 3.99. The number of carbonyl (C=O) groups is 2. The number of aromatic carboxylic acids is 1. The SMILES string of the molecule is CC(C)CC(=O)N1CCC[C@H]1CS(=O)c1ccc(C(=O)O)cc1. The van der Waals surface area contributed by atoms with Crippen molar-refractivity contribution in [3.05, 3.63) is 29.8 Å². The molecule has 0 aromatic heterocycles. The summed E-state index contributed by atoms with van der Waals surface area (Å²) in [6.07, 6.45) is 2.35. The lowest BCUT2D eigenvalue weighted by atomic mass is 10.1. The van der Waals surface area contributed by atoms with Gasteiger partial charge in [0, 0.05) is 29.7 Å². The van der Waals surface area contributed by atoms with Crippen LogP contribution >= 0.6 is 0 Å². The Morgan fingerprint density at radius 1 is 1.30 bits per heavy atom. The normalized spacial score (nSPS) is 19.1. The molecular formula is C17H23NO4S. The van der Waals surface area contributed by atoms with E-state index in [1.165, 1.54) is 12.1 Å². The topological polar surface area (TPSA) is 74.7 Å². The average Bonchev–Trinajstić information content (AvgIpc) is 2.94. The molecule has 1 saturated heterocycles. The molecule has 1 aromatic rings.